The monoisotopic (exact) mass is 205 g/mol. The smallest absolute Gasteiger partial charge is 0.246 e. The summed E-state index contributed by atoms with van der Waals surface area (Å²) in [5.41, 5.74) is 5.48. The average molecular weight is 205 g/mol. The lowest BCUT2D eigenvalue weighted by atomic mass is 10.4. The molecule has 0 unspecified atom stereocenters. The zero-order chi connectivity index (χ0) is 10.3. The fourth-order valence-corrected chi connectivity index (χ4v) is 1.75. The van der Waals surface area contributed by atoms with E-state index in [1.165, 1.54) is 0 Å². The maximum absolute atomic E-state index is 5.48. The molecule has 2 aromatic heterocycles. The van der Waals surface area contributed by atoms with E-state index in [0.29, 0.717) is 11.9 Å². The molecule has 78 valence electrons. The van der Waals surface area contributed by atoms with Gasteiger partial charge in [0.05, 0.1) is 6.54 Å². The summed E-state index contributed by atoms with van der Waals surface area (Å²) in [6.45, 7) is 2.51. The molecular weight excluding hydrogens is 194 g/mol. The van der Waals surface area contributed by atoms with Crippen LogP contribution in [0.1, 0.15) is 5.82 Å². The molecule has 0 fully saturated rings. The van der Waals surface area contributed by atoms with E-state index in [9.17, 15) is 0 Å². The summed E-state index contributed by atoms with van der Waals surface area (Å²) in [7, 11) is 0. The molecule has 3 heterocycles. The predicted molar refractivity (Wildman–Crippen MR) is 54.1 cm³/mol. The first-order valence-corrected chi connectivity index (χ1v) is 4.76. The fraction of sp³-hybridized carbons (Fsp3) is 0.375. The van der Waals surface area contributed by atoms with Crippen LogP contribution in [0, 0.1) is 0 Å². The van der Waals surface area contributed by atoms with Crippen molar-refractivity contribution in [3.05, 3.63) is 18.2 Å². The molecule has 0 saturated heterocycles. The van der Waals surface area contributed by atoms with Crippen molar-refractivity contribution in [1.82, 2.24) is 24.7 Å². The van der Waals surface area contributed by atoms with Crippen LogP contribution >= 0.6 is 0 Å². The molecular formula is C8H11N7. The van der Waals surface area contributed by atoms with E-state index in [-0.39, 0.29) is 0 Å². The van der Waals surface area contributed by atoms with Gasteiger partial charge in [0.1, 0.15) is 5.82 Å². The summed E-state index contributed by atoms with van der Waals surface area (Å²) in [5, 5.41) is 6.66. The first-order valence-electron chi connectivity index (χ1n) is 4.76. The van der Waals surface area contributed by atoms with Crippen molar-refractivity contribution in [2.45, 2.75) is 13.1 Å². The maximum Gasteiger partial charge on any atom is 0.246 e. The summed E-state index contributed by atoms with van der Waals surface area (Å²) in [6, 6.07) is 0. The van der Waals surface area contributed by atoms with Crippen LogP contribution in [-0.4, -0.2) is 31.3 Å². The third kappa shape index (κ3) is 1.32. The lowest BCUT2D eigenvalue weighted by Gasteiger charge is -2.26. The second-order valence-electron chi connectivity index (χ2n) is 3.48. The van der Waals surface area contributed by atoms with Gasteiger partial charge in [-0.15, -0.1) is 5.10 Å². The Balaban J connectivity index is 1.87. The predicted octanol–water partition coefficient (Wildman–Crippen LogP) is -0.396. The number of fused-ring (bicyclic) bond motifs is 1. The van der Waals surface area contributed by atoms with Gasteiger partial charge in [-0.3, -0.25) is 0 Å². The third-order valence-corrected chi connectivity index (χ3v) is 2.52. The Hall–Kier alpha value is -2.05. The van der Waals surface area contributed by atoms with Crippen molar-refractivity contribution < 1.29 is 0 Å². The molecule has 15 heavy (non-hydrogen) atoms. The van der Waals surface area contributed by atoms with Gasteiger partial charge in [0.15, 0.2) is 0 Å². The van der Waals surface area contributed by atoms with Crippen LogP contribution in [-0.2, 0) is 13.1 Å². The molecule has 0 saturated carbocycles. The Labute approximate surface area is 85.9 Å². The Bertz CT molecular complexity index is 471. The van der Waals surface area contributed by atoms with Gasteiger partial charge >= 0.3 is 0 Å². The van der Waals surface area contributed by atoms with Gasteiger partial charge in [-0.25, -0.2) is 10.1 Å². The number of H-pyrrole nitrogens is 1. The first kappa shape index (κ1) is 8.27. The van der Waals surface area contributed by atoms with Gasteiger partial charge in [0.2, 0.25) is 11.9 Å². The van der Waals surface area contributed by atoms with Gasteiger partial charge in [-0.2, -0.15) is 4.98 Å². The van der Waals surface area contributed by atoms with E-state index in [0.717, 1.165) is 25.5 Å². The molecule has 0 atom stereocenters. The van der Waals surface area contributed by atoms with E-state index in [1.807, 2.05) is 12.4 Å². The second kappa shape index (κ2) is 2.97. The number of aromatic nitrogens is 5. The van der Waals surface area contributed by atoms with Gasteiger partial charge in [0.25, 0.3) is 0 Å². The van der Waals surface area contributed by atoms with Crippen LogP contribution in [0.4, 0.5) is 11.9 Å². The minimum Gasteiger partial charge on any atom is -0.368 e. The summed E-state index contributed by atoms with van der Waals surface area (Å²) in [4.78, 5) is 10.4. The Morgan fingerprint density at radius 2 is 2.33 bits per heavy atom. The highest BCUT2D eigenvalue weighted by molar-refractivity contribution is 5.34. The Morgan fingerprint density at radius 1 is 1.40 bits per heavy atom. The first-order chi connectivity index (χ1) is 7.33. The van der Waals surface area contributed by atoms with Crippen molar-refractivity contribution in [3.63, 3.8) is 0 Å². The molecule has 3 N–H and O–H groups in total. The van der Waals surface area contributed by atoms with Crippen molar-refractivity contribution in [1.29, 1.82) is 0 Å². The molecule has 0 aliphatic carbocycles. The highest BCUT2D eigenvalue weighted by Crippen LogP contribution is 2.15. The topological polar surface area (TPSA) is 88.7 Å². The third-order valence-electron chi connectivity index (χ3n) is 2.52. The maximum atomic E-state index is 5.48. The van der Waals surface area contributed by atoms with Crippen molar-refractivity contribution in [2.24, 2.45) is 0 Å². The van der Waals surface area contributed by atoms with Crippen LogP contribution < -0.4 is 10.6 Å². The zero-order valence-corrected chi connectivity index (χ0v) is 8.09. The molecule has 0 radical (unpaired) electrons. The quantitative estimate of drug-likeness (QED) is 0.661. The lowest BCUT2D eigenvalue weighted by molar-refractivity contribution is 0.552. The molecule has 3 rings (SSSR count). The number of nitrogens with one attached hydrogen (secondary N) is 1. The number of nitrogens with two attached hydrogens (primary N) is 1. The van der Waals surface area contributed by atoms with E-state index in [1.54, 1.807) is 0 Å². The van der Waals surface area contributed by atoms with Crippen molar-refractivity contribution in [3.8, 4) is 0 Å². The van der Waals surface area contributed by atoms with Gasteiger partial charge < -0.3 is 15.2 Å². The van der Waals surface area contributed by atoms with Gasteiger partial charge in [-0.1, -0.05) is 0 Å². The summed E-state index contributed by atoms with van der Waals surface area (Å²) in [6.07, 6.45) is 3.80. The van der Waals surface area contributed by atoms with E-state index < -0.39 is 0 Å². The molecule has 0 bridgehead atoms. The molecule has 1 aliphatic heterocycles. The molecule has 2 aromatic rings. The second-order valence-corrected chi connectivity index (χ2v) is 3.48. The molecule has 0 spiro atoms. The number of aromatic amines is 1. The molecule has 0 aromatic carbocycles. The summed E-state index contributed by atoms with van der Waals surface area (Å²) < 4.78 is 2.13. The number of rotatable bonds is 1. The van der Waals surface area contributed by atoms with Gasteiger partial charge in [-0.05, 0) is 0 Å². The highest BCUT2D eigenvalue weighted by Gasteiger charge is 2.19. The average Bonchev–Trinajstić information content (AvgIpc) is 2.84. The normalized spacial score (nSPS) is 15.3. The Kier molecular flexibility index (Phi) is 1.64. The summed E-state index contributed by atoms with van der Waals surface area (Å²) >= 11 is 0. The van der Waals surface area contributed by atoms with Crippen LogP contribution in [0.5, 0.6) is 0 Å². The number of nitrogens with zero attached hydrogens (tertiary/aromatic N) is 5. The number of anilines is 2. The molecule has 0 amide bonds. The highest BCUT2D eigenvalue weighted by atomic mass is 15.4. The van der Waals surface area contributed by atoms with Crippen LogP contribution in [0.2, 0.25) is 0 Å². The number of nitrogen functional groups attached to an aromatic ring is 1. The standard InChI is InChI=1S/C8H11N7/c9-7-11-8(13-12-7)15-4-3-14-2-1-10-6(14)5-15/h1-2H,3-5H2,(H3,9,11,12,13). The van der Waals surface area contributed by atoms with Crippen LogP contribution in [0.3, 0.4) is 0 Å². The van der Waals surface area contributed by atoms with E-state index >= 15 is 0 Å². The molecule has 1 aliphatic rings. The lowest BCUT2D eigenvalue weighted by Crippen LogP contribution is -2.34. The Morgan fingerprint density at radius 3 is 3.13 bits per heavy atom. The molecule has 7 nitrogen and oxygen atoms in total. The zero-order valence-electron chi connectivity index (χ0n) is 8.09. The van der Waals surface area contributed by atoms with Gasteiger partial charge in [0, 0.05) is 25.5 Å². The van der Waals surface area contributed by atoms with Crippen molar-refractivity contribution >= 4 is 11.9 Å². The SMILES string of the molecule is Nc1nc(N2CCn3ccnc3C2)n[nH]1. The summed E-state index contributed by atoms with van der Waals surface area (Å²) in [5.74, 6) is 2.02. The minimum atomic E-state index is 0.346. The number of imidazole rings is 1. The largest absolute Gasteiger partial charge is 0.368 e. The molecule has 7 heteroatoms. The number of hydrogen-bond donors (Lipinski definition) is 2. The van der Waals surface area contributed by atoms with Crippen molar-refractivity contribution in [2.75, 3.05) is 17.2 Å². The number of hydrogen-bond acceptors (Lipinski definition) is 5. The minimum absolute atomic E-state index is 0.346. The van der Waals surface area contributed by atoms with E-state index in [2.05, 4.69) is 29.6 Å². The van der Waals surface area contributed by atoms with Crippen LogP contribution in [0.15, 0.2) is 12.4 Å². The van der Waals surface area contributed by atoms with E-state index in [4.69, 9.17) is 5.73 Å². The fourth-order valence-electron chi connectivity index (χ4n) is 1.75. The van der Waals surface area contributed by atoms with Crippen LogP contribution in [0.25, 0.3) is 0 Å².